The van der Waals surface area contributed by atoms with E-state index in [0.29, 0.717) is 30.9 Å². The van der Waals surface area contributed by atoms with Gasteiger partial charge in [-0.05, 0) is 38.7 Å². The van der Waals surface area contributed by atoms with E-state index in [1.807, 2.05) is 36.1 Å². The first-order valence-corrected chi connectivity index (χ1v) is 12.6. The van der Waals surface area contributed by atoms with E-state index in [0.717, 1.165) is 43.5 Å². The predicted molar refractivity (Wildman–Crippen MR) is 133 cm³/mol. The highest BCUT2D eigenvalue weighted by molar-refractivity contribution is 5.95. The highest BCUT2D eigenvalue weighted by Gasteiger charge is 2.39. The minimum absolute atomic E-state index is 0.208. The highest BCUT2D eigenvalue weighted by Crippen LogP contribution is 2.33. The van der Waals surface area contributed by atoms with E-state index in [2.05, 4.69) is 16.8 Å². The third kappa shape index (κ3) is 5.75. The van der Waals surface area contributed by atoms with Gasteiger partial charge in [0.2, 0.25) is 5.91 Å². The lowest BCUT2D eigenvalue weighted by Gasteiger charge is -2.38. The molecule has 1 aliphatic carbocycles. The average Bonchev–Trinajstić information content (AvgIpc) is 3.69. The Morgan fingerprint density at radius 1 is 1.14 bits per heavy atom. The van der Waals surface area contributed by atoms with Crippen LogP contribution in [0.5, 0.6) is 0 Å². The Labute approximate surface area is 207 Å². The van der Waals surface area contributed by atoms with Crippen molar-refractivity contribution in [3.05, 3.63) is 59.3 Å². The second kappa shape index (κ2) is 11.1. The molecule has 0 aromatic heterocycles. The Hall–Kier alpha value is -3.13. The Morgan fingerprint density at radius 3 is 2.54 bits per heavy atom. The second-order valence-electron chi connectivity index (χ2n) is 9.50. The molecule has 0 bridgehead atoms. The number of ether oxygens (including phenoxy) is 1. The van der Waals surface area contributed by atoms with Crippen LogP contribution in [0.2, 0.25) is 0 Å². The van der Waals surface area contributed by atoms with Gasteiger partial charge in [-0.25, -0.2) is 9.59 Å². The van der Waals surface area contributed by atoms with Gasteiger partial charge in [-0.3, -0.25) is 14.6 Å². The summed E-state index contributed by atoms with van der Waals surface area (Å²) in [6.45, 7) is 11.4. The first-order chi connectivity index (χ1) is 16.9. The average molecular weight is 481 g/mol. The minimum atomic E-state index is -0.599. The maximum Gasteiger partial charge on any atom is 0.338 e. The minimum Gasteiger partial charge on any atom is -0.463 e. The largest absolute Gasteiger partial charge is 0.463 e. The van der Waals surface area contributed by atoms with Crippen LogP contribution in [0.25, 0.3) is 0 Å². The van der Waals surface area contributed by atoms with Crippen LogP contribution >= 0.6 is 0 Å². The lowest BCUT2D eigenvalue weighted by Crippen LogP contribution is -2.51. The molecule has 3 amide bonds. The van der Waals surface area contributed by atoms with Gasteiger partial charge in [-0.15, -0.1) is 6.58 Å². The third-order valence-electron chi connectivity index (χ3n) is 6.86. The van der Waals surface area contributed by atoms with Crippen LogP contribution in [0.3, 0.4) is 0 Å². The van der Waals surface area contributed by atoms with E-state index >= 15 is 0 Å². The molecule has 1 saturated carbocycles. The molecule has 1 aromatic carbocycles. The van der Waals surface area contributed by atoms with Gasteiger partial charge in [0.25, 0.3) is 0 Å². The van der Waals surface area contributed by atoms with Crippen LogP contribution < -0.4 is 5.32 Å². The summed E-state index contributed by atoms with van der Waals surface area (Å²) in [5.74, 6) is 0.0469. The van der Waals surface area contributed by atoms with Gasteiger partial charge in [0.1, 0.15) is 0 Å². The summed E-state index contributed by atoms with van der Waals surface area (Å²) in [6.07, 6.45) is 4.52. The molecule has 1 N–H and O–H groups in total. The summed E-state index contributed by atoms with van der Waals surface area (Å²) in [5.41, 5.74) is 3.02. The van der Waals surface area contributed by atoms with Gasteiger partial charge >= 0.3 is 12.0 Å². The summed E-state index contributed by atoms with van der Waals surface area (Å²) in [4.78, 5) is 44.9. The molecule has 3 aliphatic rings. The molecule has 2 aliphatic heterocycles. The van der Waals surface area contributed by atoms with Crippen molar-refractivity contribution in [3.8, 4) is 0 Å². The molecule has 35 heavy (non-hydrogen) atoms. The quantitative estimate of drug-likeness (QED) is 0.457. The Bertz CT molecular complexity index is 999. The maximum atomic E-state index is 13.3. The summed E-state index contributed by atoms with van der Waals surface area (Å²) < 4.78 is 5.47. The van der Waals surface area contributed by atoms with Gasteiger partial charge in [0.05, 0.1) is 18.2 Å². The molecule has 2 heterocycles. The number of aryl methyl sites for hydroxylation is 1. The first-order valence-electron chi connectivity index (χ1n) is 12.6. The lowest BCUT2D eigenvalue weighted by molar-refractivity contribution is -0.139. The number of nitrogens with zero attached hydrogens (tertiary/aromatic N) is 3. The summed E-state index contributed by atoms with van der Waals surface area (Å²) >= 11 is 0. The highest BCUT2D eigenvalue weighted by atomic mass is 16.5. The van der Waals surface area contributed by atoms with Crippen molar-refractivity contribution in [2.24, 2.45) is 5.92 Å². The van der Waals surface area contributed by atoms with Crippen molar-refractivity contribution >= 4 is 17.9 Å². The number of urea groups is 1. The lowest BCUT2D eigenvalue weighted by atomic mass is 9.93. The van der Waals surface area contributed by atoms with Crippen molar-refractivity contribution in [2.75, 3.05) is 45.9 Å². The molecule has 1 atom stereocenters. The third-order valence-corrected chi connectivity index (χ3v) is 6.86. The Morgan fingerprint density at radius 2 is 1.89 bits per heavy atom. The van der Waals surface area contributed by atoms with Crippen LogP contribution in [-0.4, -0.2) is 78.5 Å². The monoisotopic (exact) mass is 480 g/mol. The van der Waals surface area contributed by atoms with Crippen molar-refractivity contribution in [1.82, 2.24) is 20.0 Å². The maximum absolute atomic E-state index is 13.3. The molecule has 8 heteroatoms. The van der Waals surface area contributed by atoms with Gasteiger partial charge in [-0.2, -0.15) is 0 Å². The number of benzene rings is 1. The number of esters is 1. The summed E-state index contributed by atoms with van der Waals surface area (Å²) in [7, 11) is 0. The van der Waals surface area contributed by atoms with Gasteiger partial charge < -0.3 is 15.0 Å². The molecular formula is C27H36N4O4. The molecule has 4 rings (SSSR count). The van der Waals surface area contributed by atoms with E-state index in [1.54, 1.807) is 17.9 Å². The van der Waals surface area contributed by atoms with Gasteiger partial charge in [-0.1, -0.05) is 35.9 Å². The Balaban J connectivity index is 1.66. The van der Waals surface area contributed by atoms with E-state index < -0.39 is 12.0 Å². The van der Waals surface area contributed by atoms with Crippen molar-refractivity contribution in [2.45, 2.75) is 39.2 Å². The second-order valence-corrected chi connectivity index (χ2v) is 9.50. The van der Waals surface area contributed by atoms with E-state index in [1.165, 1.54) is 0 Å². The molecule has 8 nitrogen and oxygen atoms in total. The zero-order chi connectivity index (χ0) is 24.9. The first kappa shape index (κ1) is 25.0. The number of carbonyl (C=O) groups excluding carboxylic acids is 3. The number of hydrogen-bond donors (Lipinski definition) is 1. The van der Waals surface area contributed by atoms with Crippen LogP contribution in [0.4, 0.5) is 4.79 Å². The topological polar surface area (TPSA) is 82.2 Å². The van der Waals surface area contributed by atoms with E-state index in [-0.39, 0.29) is 31.0 Å². The Kier molecular flexibility index (Phi) is 7.90. The number of hydrogen-bond acceptors (Lipinski definition) is 5. The molecule has 188 valence electrons. The summed E-state index contributed by atoms with van der Waals surface area (Å²) in [6, 6.07) is 6.96. The van der Waals surface area contributed by atoms with Gasteiger partial charge in [0, 0.05) is 50.9 Å². The van der Waals surface area contributed by atoms with Crippen LogP contribution in [0.15, 0.2) is 48.2 Å². The van der Waals surface area contributed by atoms with Crippen molar-refractivity contribution in [3.63, 3.8) is 0 Å². The summed E-state index contributed by atoms with van der Waals surface area (Å²) in [5, 5.41) is 3.01. The number of rotatable bonds is 8. The normalized spacial score (nSPS) is 21.4. The molecule has 0 unspecified atom stereocenters. The molecule has 0 radical (unpaired) electrons. The van der Waals surface area contributed by atoms with Crippen molar-refractivity contribution in [1.29, 1.82) is 0 Å². The fourth-order valence-electron chi connectivity index (χ4n) is 4.80. The molecule has 1 saturated heterocycles. The number of amides is 3. The van der Waals surface area contributed by atoms with Gasteiger partial charge in [0.15, 0.2) is 0 Å². The van der Waals surface area contributed by atoms with E-state index in [4.69, 9.17) is 4.74 Å². The fourth-order valence-corrected chi connectivity index (χ4v) is 4.80. The fraction of sp³-hybridized carbons (Fsp3) is 0.519. The molecule has 2 fully saturated rings. The molecule has 0 spiro atoms. The van der Waals surface area contributed by atoms with Crippen molar-refractivity contribution < 1.29 is 19.1 Å². The molecule has 1 aromatic rings. The van der Waals surface area contributed by atoms with Crippen LogP contribution in [0, 0.1) is 12.8 Å². The zero-order valence-corrected chi connectivity index (χ0v) is 20.8. The number of carbonyl (C=O) groups is 3. The van der Waals surface area contributed by atoms with E-state index in [9.17, 15) is 14.4 Å². The zero-order valence-electron chi connectivity index (χ0n) is 20.8. The van der Waals surface area contributed by atoms with Crippen LogP contribution in [-0.2, 0) is 14.3 Å². The number of nitrogens with one attached hydrogen (secondary N) is 1. The van der Waals surface area contributed by atoms with Crippen LogP contribution in [0.1, 0.15) is 43.4 Å². The molecular weight excluding hydrogens is 444 g/mol. The standard InChI is InChI=1S/C27H36N4O4/c1-4-13-31-22(18-29-14-6-15-30(17-16-29)25(32)21-11-12-21)23(26(33)35-5-2)24(28-27(31)34)20-9-7-19(3)8-10-20/h4,7-10,21,24H,1,5-6,11-18H2,2-3H3,(H,28,34)/t24-/m0/s1. The SMILES string of the molecule is C=CCN1C(=O)N[C@@H](c2ccc(C)cc2)C(C(=O)OCC)=C1CN1CCCN(C(=O)C2CC2)CC1. The smallest absolute Gasteiger partial charge is 0.338 e. The predicted octanol–water partition coefficient (Wildman–Crippen LogP) is 3.01.